The average Bonchev–Trinajstić information content (AvgIpc) is 3.03. The van der Waals surface area contributed by atoms with Gasteiger partial charge >= 0.3 is 17.9 Å². The fourth-order valence-corrected chi connectivity index (χ4v) is 4.70. The molecule has 46 heavy (non-hydrogen) atoms. The number of hydrogen-bond donors (Lipinski definition) is 6. The van der Waals surface area contributed by atoms with Crippen LogP contribution in [-0.4, -0.2) is 57.0 Å². The molecule has 0 spiro atoms. The van der Waals surface area contributed by atoms with Crippen LogP contribution in [0, 0.1) is 0 Å². The number of aryl methyl sites for hydroxylation is 1. The third-order valence-electron chi connectivity index (χ3n) is 7.08. The smallest absolute Gasteiger partial charge is 0.336 e. The number of nitrogens with two attached hydrogens (primary N) is 1. The van der Waals surface area contributed by atoms with Crippen molar-refractivity contribution in [3.05, 3.63) is 124 Å². The molecule has 7 N–H and O–H groups in total. The molecule has 1 unspecified atom stereocenters. The maximum absolute atomic E-state index is 13.2. The van der Waals surface area contributed by atoms with Gasteiger partial charge in [0, 0.05) is 18.5 Å². The van der Waals surface area contributed by atoms with E-state index in [4.69, 9.17) is 5.73 Å². The fraction of sp³-hybridized carbons (Fsp3) is 0.118. The van der Waals surface area contributed by atoms with Crippen molar-refractivity contribution in [2.24, 2.45) is 5.73 Å². The van der Waals surface area contributed by atoms with Gasteiger partial charge in [0.1, 0.15) is 6.04 Å². The first-order valence-electron chi connectivity index (χ1n) is 13.9. The van der Waals surface area contributed by atoms with Crippen LogP contribution in [0.5, 0.6) is 0 Å². The number of carboxylic acids is 3. The number of anilines is 1. The summed E-state index contributed by atoms with van der Waals surface area (Å²) in [6.45, 7) is 0. The Balaban J connectivity index is 1.60. The first-order valence-corrected chi connectivity index (χ1v) is 13.9. The van der Waals surface area contributed by atoms with E-state index in [9.17, 15) is 44.1 Å². The van der Waals surface area contributed by atoms with Gasteiger partial charge in [-0.15, -0.1) is 0 Å². The second kappa shape index (κ2) is 14.4. The summed E-state index contributed by atoms with van der Waals surface area (Å²) in [5, 5.41) is 34.3. The molecular weight excluding hydrogens is 594 g/mol. The lowest BCUT2D eigenvalue weighted by Crippen LogP contribution is -2.42. The van der Waals surface area contributed by atoms with Gasteiger partial charge in [-0.2, -0.15) is 0 Å². The molecule has 0 radical (unpaired) electrons. The molecule has 234 valence electrons. The lowest BCUT2D eigenvalue weighted by Gasteiger charge is -2.16. The molecule has 4 aromatic carbocycles. The molecule has 3 amide bonds. The molecule has 1 atom stereocenters. The van der Waals surface area contributed by atoms with Gasteiger partial charge in [-0.1, -0.05) is 54.6 Å². The highest BCUT2D eigenvalue weighted by Crippen LogP contribution is 2.27. The summed E-state index contributed by atoms with van der Waals surface area (Å²) in [4.78, 5) is 73.3. The molecule has 0 aliphatic rings. The molecule has 0 heterocycles. The summed E-state index contributed by atoms with van der Waals surface area (Å²) in [7, 11) is 0. The van der Waals surface area contributed by atoms with Crippen molar-refractivity contribution in [3.63, 3.8) is 0 Å². The quantitative estimate of drug-likeness (QED) is 0.127. The minimum Gasteiger partial charge on any atom is -0.480 e. The van der Waals surface area contributed by atoms with Crippen molar-refractivity contribution in [2.45, 2.75) is 25.3 Å². The Hall–Kier alpha value is -6.30. The van der Waals surface area contributed by atoms with E-state index in [1.54, 1.807) is 54.6 Å². The van der Waals surface area contributed by atoms with Crippen molar-refractivity contribution >= 4 is 41.3 Å². The van der Waals surface area contributed by atoms with Crippen LogP contribution in [0.2, 0.25) is 0 Å². The third kappa shape index (κ3) is 8.20. The van der Waals surface area contributed by atoms with E-state index in [-0.39, 0.29) is 46.2 Å². The Labute approximate surface area is 262 Å². The van der Waals surface area contributed by atoms with Crippen molar-refractivity contribution in [1.82, 2.24) is 5.32 Å². The molecule has 0 aliphatic carbocycles. The minimum absolute atomic E-state index is 0.0467. The highest BCUT2D eigenvalue weighted by atomic mass is 16.4. The Kier molecular flexibility index (Phi) is 10.2. The summed E-state index contributed by atoms with van der Waals surface area (Å²) in [6, 6.07) is 21.6. The first kappa shape index (κ1) is 32.6. The van der Waals surface area contributed by atoms with E-state index in [1.807, 2.05) is 0 Å². The number of primary amides is 1. The molecule has 4 aromatic rings. The molecule has 4 rings (SSSR count). The number of aromatic carboxylic acids is 2. The number of aliphatic carboxylic acids is 1. The van der Waals surface area contributed by atoms with Crippen LogP contribution in [0.3, 0.4) is 0 Å². The highest BCUT2D eigenvalue weighted by molar-refractivity contribution is 6.11. The van der Waals surface area contributed by atoms with Crippen molar-refractivity contribution in [1.29, 1.82) is 0 Å². The van der Waals surface area contributed by atoms with Gasteiger partial charge in [0.25, 0.3) is 11.8 Å². The van der Waals surface area contributed by atoms with Crippen LogP contribution >= 0.6 is 0 Å². The van der Waals surface area contributed by atoms with Crippen molar-refractivity contribution < 1.29 is 44.1 Å². The van der Waals surface area contributed by atoms with E-state index in [0.29, 0.717) is 17.7 Å². The van der Waals surface area contributed by atoms with Gasteiger partial charge in [0.15, 0.2) is 0 Å². The number of nitrogens with one attached hydrogen (secondary N) is 2. The highest BCUT2D eigenvalue weighted by Gasteiger charge is 2.25. The van der Waals surface area contributed by atoms with Crippen LogP contribution < -0.4 is 16.4 Å². The zero-order valence-electron chi connectivity index (χ0n) is 24.2. The number of hydrogen-bond acceptors (Lipinski definition) is 6. The van der Waals surface area contributed by atoms with Crippen LogP contribution in [0.25, 0.3) is 11.1 Å². The van der Waals surface area contributed by atoms with Crippen molar-refractivity contribution in [3.8, 4) is 11.1 Å². The number of amides is 3. The zero-order chi connectivity index (χ0) is 33.4. The van der Waals surface area contributed by atoms with Gasteiger partial charge in [-0.25, -0.2) is 14.4 Å². The molecule has 0 saturated carbocycles. The average molecular weight is 624 g/mol. The number of carbonyl (C=O) groups excluding carboxylic acids is 3. The standard InChI is InChI=1S/C34H29N3O9/c35-29(38)15-8-19-6-11-23(12-7-19)36-30(39)24-13-9-22(18-27(24)33(43)44)21-10-14-25(32(41)42)26(17-21)31(40)37-28(34(45)46)16-20-4-2-1-3-5-20/h1-7,9-14,17-18,28H,8,15-16H2,(H2,35,38)(H,36,39)(H,37,40)(H,41,42)(H,43,44)(H,45,46). The predicted octanol–water partition coefficient (Wildman–Crippen LogP) is 3.85. The fourth-order valence-electron chi connectivity index (χ4n) is 4.70. The predicted molar refractivity (Wildman–Crippen MR) is 167 cm³/mol. The van der Waals surface area contributed by atoms with E-state index in [2.05, 4.69) is 10.6 Å². The normalized spacial score (nSPS) is 11.2. The maximum atomic E-state index is 13.2. The molecule has 0 aromatic heterocycles. The molecular formula is C34H29N3O9. The van der Waals surface area contributed by atoms with E-state index < -0.39 is 41.7 Å². The molecule has 0 saturated heterocycles. The zero-order valence-corrected chi connectivity index (χ0v) is 24.2. The molecule has 12 nitrogen and oxygen atoms in total. The summed E-state index contributed by atoms with van der Waals surface area (Å²) < 4.78 is 0. The second-order valence-electron chi connectivity index (χ2n) is 10.3. The molecule has 0 fully saturated rings. The van der Waals surface area contributed by atoms with Gasteiger partial charge in [-0.3, -0.25) is 14.4 Å². The van der Waals surface area contributed by atoms with E-state index in [0.717, 1.165) is 11.6 Å². The van der Waals surface area contributed by atoms with Crippen LogP contribution in [0.4, 0.5) is 5.69 Å². The van der Waals surface area contributed by atoms with Gasteiger partial charge in [0.05, 0.1) is 22.3 Å². The molecule has 12 heteroatoms. The number of carbonyl (C=O) groups is 6. The summed E-state index contributed by atoms with van der Waals surface area (Å²) >= 11 is 0. The molecule has 0 aliphatic heterocycles. The lowest BCUT2D eigenvalue weighted by atomic mass is 9.95. The Morgan fingerprint density at radius 3 is 1.78 bits per heavy atom. The van der Waals surface area contributed by atoms with E-state index >= 15 is 0 Å². The number of benzene rings is 4. The maximum Gasteiger partial charge on any atom is 0.336 e. The lowest BCUT2D eigenvalue weighted by molar-refractivity contribution is -0.139. The monoisotopic (exact) mass is 623 g/mol. The minimum atomic E-state index is -1.43. The van der Waals surface area contributed by atoms with Crippen molar-refractivity contribution in [2.75, 3.05) is 5.32 Å². The Bertz CT molecular complexity index is 1820. The van der Waals surface area contributed by atoms with Crippen LogP contribution in [0.1, 0.15) is 59.0 Å². The Morgan fingerprint density at radius 2 is 1.22 bits per heavy atom. The summed E-state index contributed by atoms with van der Waals surface area (Å²) in [5.41, 5.74) is 6.32. The number of rotatable bonds is 13. The summed E-state index contributed by atoms with van der Waals surface area (Å²) in [5.74, 6) is -6.23. The van der Waals surface area contributed by atoms with E-state index in [1.165, 1.54) is 30.3 Å². The van der Waals surface area contributed by atoms with Gasteiger partial charge < -0.3 is 31.7 Å². The SMILES string of the molecule is NC(=O)CCc1ccc(NC(=O)c2ccc(-c3ccc(C(=O)O)c(C(=O)NC(Cc4ccccc4)C(=O)O)c3)cc2C(=O)O)cc1. The molecule has 0 bridgehead atoms. The first-order chi connectivity index (χ1) is 21.9. The summed E-state index contributed by atoms with van der Waals surface area (Å²) in [6.07, 6.45) is 0.552. The van der Waals surface area contributed by atoms with Gasteiger partial charge in [-0.05, 0) is 65.1 Å². The van der Waals surface area contributed by atoms with Crippen LogP contribution in [-0.2, 0) is 22.4 Å². The van der Waals surface area contributed by atoms with Crippen LogP contribution in [0.15, 0.2) is 91.0 Å². The largest absolute Gasteiger partial charge is 0.480 e. The number of carboxylic acid groups (broad SMARTS) is 3. The third-order valence-corrected chi connectivity index (χ3v) is 7.08. The Morgan fingerprint density at radius 1 is 0.630 bits per heavy atom. The second-order valence-corrected chi connectivity index (χ2v) is 10.3. The van der Waals surface area contributed by atoms with Gasteiger partial charge in [0.2, 0.25) is 5.91 Å². The topological polar surface area (TPSA) is 213 Å².